The number of aryl methyl sites for hydroxylation is 1. The van der Waals surface area contributed by atoms with Crippen molar-refractivity contribution in [1.29, 1.82) is 0 Å². The zero-order valence-corrected chi connectivity index (χ0v) is 18.3. The predicted octanol–water partition coefficient (Wildman–Crippen LogP) is 2.50. The molecule has 1 aliphatic heterocycles. The van der Waals surface area contributed by atoms with Crippen molar-refractivity contribution in [3.05, 3.63) is 41.3 Å². The van der Waals surface area contributed by atoms with E-state index in [1.165, 1.54) is 22.2 Å². The number of hydrogen-bond donors (Lipinski definition) is 2. The molecule has 3 aromatic rings. The Balaban J connectivity index is 1.62. The summed E-state index contributed by atoms with van der Waals surface area (Å²) in [6, 6.07) is 3.51. The molecule has 33 heavy (non-hydrogen) atoms. The van der Waals surface area contributed by atoms with Gasteiger partial charge in [-0.1, -0.05) is 0 Å². The number of carboxylic acid groups (broad SMARTS) is 1. The molecule has 1 aliphatic rings. The van der Waals surface area contributed by atoms with Crippen LogP contribution in [0.25, 0.3) is 10.6 Å². The summed E-state index contributed by atoms with van der Waals surface area (Å²) in [5.74, 6) is -1.35. The molecule has 12 heteroatoms. The molecule has 0 spiro atoms. The molecule has 4 heterocycles. The van der Waals surface area contributed by atoms with Gasteiger partial charge in [0, 0.05) is 42.4 Å². The number of aliphatic carboxylic acids is 1. The van der Waals surface area contributed by atoms with E-state index < -0.39 is 11.9 Å². The number of aromatic nitrogens is 4. The van der Waals surface area contributed by atoms with Crippen LogP contribution in [-0.2, 0) is 16.1 Å². The summed E-state index contributed by atoms with van der Waals surface area (Å²) in [5, 5.41) is 18.1. The van der Waals surface area contributed by atoms with Crippen molar-refractivity contribution in [3.8, 4) is 16.5 Å². The molecule has 0 atom stereocenters. The molecule has 0 saturated heterocycles. The molecule has 4 bridgehead atoms. The van der Waals surface area contributed by atoms with Crippen LogP contribution < -0.4 is 10.1 Å². The number of carbonyl (C=O) groups is 3. The Morgan fingerprint density at radius 3 is 3.00 bits per heavy atom. The first-order valence-corrected chi connectivity index (χ1v) is 11.1. The minimum absolute atomic E-state index is 0.0693. The van der Waals surface area contributed by atoms with Crippen LogP contribution in [0.15, 0.2) is 29.9 Å². The van der Waals surface area contributed by atoms with Gasteiger partial charge < -0.3 is 19.9 Å². The highest BCUT2D eigenvalue weighted by Crippen LogP contribution is 2.27. The summed E-state index contributed by atoms with van der Waals surface area (Å²) in [4.78, 5) is 45.0. The van der Waals surface area contributed by atoms with Crippen LogP contribution in [-0.4, -0.2) is 62.3 Å². The lowest BCUT2D eigenvalue weighted by molar-refractivity contribution is -0.137. The van der Waals surface area contributed by atoms with Crippen LogP contribution >= 0.6 is 11.3 Å². The summed E-state index contributed by atoms with van der Waals surface area (Å²) in [6.07, 6.45) is 3.51. The van der Waals surface area contributed by atoms with E-state index in [1.54, 1.807) is 23.7 Å². The monoisotopic (exact) mass is 471 g/mol. The normalized spacial score (nSPS) is 15.0. The maximum atomic E-state index is 12.8. The second-order valence-electron chi connectivity index (χ2n) is 7.16. The Kier molecular flexibility index (Phi) is 7.05. The smallest absolute Gasteiger partial charge is 0.305 e. The number of carbonyl (C=O) groups excluding carboxylic acids is 2. The van der Waals surface area contributed by atoms with Crippen LogP contribution in [0.5, 0.6) is 5.88 Å². The van der Waals surface area contributed by atoms with Gasteiger partial charge in [0.1, 0.15) is 17.3 Å². The summed E-state index contributed by atoms with van der Waals surface area (Å²) < 4.78 is 12.5. The number of pyridine rings is 1. The van der Waals surface area contributed by atoms with Gasteiger partial charge in [-0.15, -0.1) is 11.3 Å². The summed E-state index contributed by atoms with van der Waals surface area (Å²) in [5.41, 5.74) is 1.22. The lowest BCUT2D eigenvalue weighted by Crippen LogP contribution is -2.15. The van der Waals surface area contributed by atoms with Crippen molar-refractivity contribution in [2.24, 2.45) is 0 Å². The van der Waals surface area contributed by atoms with Crippen LogP contribution in [0.3, 0.4) is 0 Å². The second kappa shape index (κ2) is 10.3. The average Bonchev–Trinajstić information content (AvgIpc) is 3.44. The van der Waals surface area contributed by atoms with E-state index >= 15 is 0 Å². The van der Waals surface area contributed by atoms with Crippen LogP contribution in [0.1, 0.15) is 40.2 Å². The first kappa shape index (κ1) is 22.6. The molecule has 11 nitrogen and oxygen atoms in total. The minimum atomic E-state index is -0.989. The number of amides is 1. The van der Waals surface area contributed by atoms with E-state index in [0.29, 0.717) is 37.1 Å². The largest absolute Gasteiger partial charge is 0.481 e. The average molecular weight is 471 g/mol. The van der Waals surface area contributed by atoms with Gasteiger partial charge in [-0.2, -0.15) is 5.10 Å². The van der Waals surface area contributed by atoms with Gasteiger partial charge >= 0.3 is 5.97 Å². The molecule has 1 amide bonds. The molecule has 0 aliphatic carbocycles. The first-order valence-electron chi connectivity index (χ1n) is 10.3. The number of ether oxygens (including phenoxy) is 2. The van der Waals surface area contributed by atoms with Gasteiger partial charge in [0.25, 0.3) is 5.91 Å². The Bertz CT molecular complexity index is 1170. The number of rotatable bonds is 3. The highest BCUT2D eigenvalue weighted by Gasteiger charge is 2.21. The van der Waals surface area contributed by atoms with Gasteiger partial charge in [-0.3, -0.25) is 19.1 Å². The third kappa shape index (κ3) is 5.79. The molecular formula is C21H21N5O6S. The fourth-order valence-corrected chi connectivity index (χ4v) is 3.92. The molecule has 4 rings (SSSR count). The van der Waals surface area contributed by atoms with Gasteiger partial charge in [0.15, 0.2) is 11.5 Å². The molecule has 0 aromatic carbocycles. The van der Waals surface area contributed by atoms with Crippen LogP contribution in [0.2, 0.25) is 0 Å². The summed E-state index contributed by atoms with van der Waals surface area (Å²) in [6.45, 7) is 1.06. The number of thiazole rings is 1. The molecule has 3 aromatic heterocycles. The fraction of sp³-hybridized carbons (Fsp3) is 0.333. The van der Waals surface area contributed by atoms with Gasteiger partial charge in [-0.05, 0) is 12.5 Å². The second-order valence-corrected chi connectivity index (χ2v) is 8.02. The molecule has 0 radical (unpaired) electrons. The Morgan fingerprint density at radius 1 is 1.27 bits per heavy atom. The number of nitrogens with zero attached hydrogens (tertiary/aromatic N) is 4. The maximum Gasteiger partial charge on any atom is 0.305 e. The van der Waals surface area contributed by atoms with Crippen molar-refractivity contribution < 1.29 is 29.0 Å². The summed E-state index contributed by atoms with van der Waals surface area (Å²) in [7, 11) is 0. The Hall–Kier alpha value is -3.64. The number of hydrogen-bond acceptors (Lipinski definition) is 9. The topological polar surface area (TPSA) is 146 Å². The SMILES string of the molecule is O=C(O)CCn1cc2c(n1)C(=O)CCCOCCOc1cc(ccn1)-c1nc(cs1)C(=O)N2. The minimum Gasteiger partial charge on any atom is -0.481 e. The van der Waals surface area contributed by atoms with E-state index in [9.17, 15) is 14.4 Å². The fourth-order valence-electron chi connectivity index (χ4n) is 3.12. The van der Waals surface area contributed by atoms with E-state index in [-0.39, 0.29) is 42.2 Å². The van der Waals surface area contributed by atoms with Gasteiger partial charge in [0.05, 0.1) is 25.3 Å². The van der Waals surface area contributed by atoms with E-state index in [2.05, 4.69) is 20.4 Å². The predicted molar refractivity (Wildman–Crippen MR) is 118 cm³/mol. The number of carboxylic acids is 1. The number of fused-ring (bicyclic) bond motifs is 6. The maximum absolute atomic E-state index is 12.8. The zero-order chi connectivity index (χ0) is 23.2. The van der Waals surface area contributed by atoms with Crippen molar-refractivity contribution >= 4 is 34.7 Å². The third-order valence-corrected chi connectivity index (χ3v) is 5.61. The number of ketones is 1. The number of anilines is 1. The number of Topliss-reactive ketones (excluding diaryl/α,β-unsaturated/α-hetero) is 1. The van der Waals surface area contributed by atoms with Gasteiger partial charge in [-0.25, -0.2) is 9.97 Å². The highest BCUT2D eigenvalue weighted by atomic mass is 32.1. The van der Waals surface area contributed by atoms with Crippen molar-refractivity contribution in [2.45, 2.75) is 25.8 Å². The van der Waals surface area contributed by atoms with E-state index in [1.807, 2.05) is 0 Å². The molecular weight excluding hydrogens is 450 g/mol. The quantitative estimate of drug-likeness (QED) is 0.588. The van der Waals surface area contributed by atoms with Crippen molar-refractivity contribution in [3.63, 3.8) is 0 Å². The Labute approximate surface area is 192 Å². The summed E-state index contributed by atoms with van der Waals surface area (Å²) >= 11 is 1.29. The molecule has 2 N–H and O–H groups in total. The lowest BCUT2D eigenvalue weighted by atomic mass is 10.1. The van der Waals surface area contributed by atoms with Crippen LogP contribution in [0.4, 0.5) is 5.69 Å². The zero-order valence-electron chi connectivity index (χ0n) is 17.5. The first-order chi connectivity index (χ1) is 16.0. The standard InChI is InChI=1S/C21H21N5O6S/c27-16-2-1-7-31-8-9-32-17-10-13(3-5-22-17)21-24-15(12-33-21)20(30)23-14-11-26(25-19(14)16)6-4-18(28)29/h3,5,10-12H,1-2,4,6-9H2,(H,23,30)(H,28,29). The Morgan fingerprint density at radius 2 is 2.15 bits per heavy atom. The lowest BCUT2D eigenvalue weighted by Gasteiger charge is -2.08. The number of nitrogens with one attached hydrogen (secondary N) is 1. The van der Waals surface area contributed by atoms with Gasteiger partial charge in [0.2, 0.25) is 5.88 Å². The van der Waals surface area contributed by atoms with E-state index in [0.717, 1.165) is 5.56 Å². The van der Waals surface area contributed by atoms with E-state index in [4.69, 9.17) is 14.6 Å². The third-order valence-electron chi connectivity index (χ3n) is 4.72. The molecule has 0 saturated carbocycles. The molecule has 172 valence electrons. The van der Waals surface area contributed by atoms with Crippen LogP contribution in [0, 0.1) is 0 Å². The molecule has 0 fully saturated rings. The van der Waals surface area contributed by atoms with Crippen molar-refractivity contribution in [1.82, 2.24) is 19.7 Å². The van der Waals surface area contributed by atoms with Crippen molar-refractivity contribution in [2.75, 3.05) is 25.1 Å². The highest BCUT2D eigenvalue weighted by molar-refractivity contribution is 7.13. The molecule has 0 unspecified atom stereocenters.